The molecule has 0 bridgehead atoms. The highest BCUT2D eigenvalue weighted by Gasteiger charge is 2.25. The predicted octanol–water partition coefficient (Wildman–Crippen LogP) is 3.76. The Kier molecular flexibility index (Phi) is 4.98. The molecule has 21 heavy (non-hydrogen) atoms. The van der Waals surface area contributed by atoms with Crippen molar-refractivity contribution in [1.82, 2.24) is 4.98 Å². The standard InChI is InChI=1S/C16H18N2O2S/c1-16(2,3)21(19)18-12-13-9-10-15(17-11-13)20-14-7-5-4-6-8-14/h4-12H,1-3H3/b18-12+/t21-/m1/s1. The van der Waals surface area contributed by atoms with Crippen molar-refractivity contribution in [3.05, 3.63) is 54.2 Å². The summed E-state index contributed by atoms with van der Waals surface area (Å²) in [7, 11) is 0. The molecule has 5 heteroatoms. The Hall–Kier alpha value is -1.85. The van der Waals surface area contributed by atoms with Crippen molar-refractivity contribution in [3.63, 3.8) is 0 Å². The van der Waals surface area contributed by atoms with E-state index in [-0.39, 0.29) is 4.75 Å². The fraction of sp³-hybridized carbons (Fsp3) is 0.250. The fourth-order valence-electron chi connectivity index (χ4n) is 1.40. The second-order valence-corrected chi connectivity index (χ2v) is 7.37. The van der Waals surface area contributed by atoms with Gasteiger partial charge in [0.25, 0.3) is 0 Å². The minimum absolute atomic E-state index is 0.361. The lowest BCUT2D eigenvalue weighted by Crippen LogP contribution is -2.25. The molecule has 1 atom stereocenters. The van der Waals surface area contributed by atoms with Crippen LogP contribution < -0.4 is 4.74 Å². The summed E-state index contributed by atoms with van der Waals surface area (Å²) in [5.41, 5.74) is 0.785. The zero-order valence-electron chi connectivity index (χ0n) is 12.3. The SMILES string of the molecule is CC(C)(C)[S@@+]([O-])/N=C/c1ccc(Oc2ccccc2)nc1. The molecule has 0 spiro atoms. The zero-order chi connectivity index (χ0) is 15.3. The fourth-order valence-corrected chi connectivity index (χ4v) is 1.94. The van der Waals surface area contributed by atoms with E-state index in [9.17, 15) is 4.55 Å². The summed E-state index contributed by atoms with van der Waals surface area (Å²) in [6.45, 7) is 5.65. The summed E-state index contributed by atoms with van der Waals surface area (Å²) in [4.78, 5) is 4.20. The molecule has 110 valence electrons. The third kappa shape index (κ3) is 4.88. The predicted molar refractivity (Wildman–Crippen MR) is 86.2 cm³/mol. The maximum absolute atomic E-state index is 11.8. The van der Waals surface area contributed by atoms with E-state index in [1.807, 2.05) is 57.2 Å². The normalized spacial score (nSPS) is 13.3. The van der Waals surface area contributed by atoms with Crippen molar-refractivity contribution in [3.8, 4) is 11.6 Å². The van der Waals surface area contributed by atoms with Crippen LogP contribution in [-0.2, 0) is 11.4 Å². The quantitative estimate of drug-likeness (QED) is 0.638. The first-order valence-corrected chi connectivity index (χ1v) is 7.71. The number of pyridine rings is 1. The van der Waals surface area contributed by atoms with Crippen molar-refractivity contribution in [2.75, 3.05) is 0 Å². The van der Waals surface area contributed by atoms with E-state index in [0.29, 0.717) is 5.88 Å². The van der Waals surface area contributed by atoms with Gasteiger partial charge in [0.2, 0.25) is 5.88 Å². The van der Waals surface area contributed by atoms with Gasteiger partial charge >= 0.3 is 0 Å². The molecule has 0 amide bonds. The molecule has 0 saturated heterocycles. The number of para-hydroxylation sites is 1. The summed E-state index contributed by atoms with van der Waals surface area (Å²) < 4.78 is 21.1. The maximum atomic E-state index is 11.8. The third-order valence-electron chi connectivity index (χ3n) is 2.55. The molecular weight excluding hydrogens is 284 g/mol. The van der Waals surface area contributed by atoms with Crippen LogP contribution in [0.15, 0.2) is 53.1 Å². The summed E-state index contributed by atoms with van der Waals surface area (Å²) >= 11 is -1.26. The van der Waals surface area contributed by atoms with Gasteiger partial charge in [0, 0.05) is 17.8 Å². The first kappa shape index (κ1) is 15.5. The molecule has 0 saturated carbocycles. The number of aromatic nitrogens is 1. The lowest BCUT2D eigenvalue weighted by atomic mass is 10.3. The number of benzene rings is 1. The third-order valence-corrected chi connectivity index (χ3v) is 3.89. The highest BCUT2D eigenvalue weighted by molar-refractivity contribution is 7.91. The molecule has 0 aliphatic heterocycles. The molecule has 4 nitrogen and oxygen atoms in total. The molecule has 1 aromatic heterocycles. The molecule has 0 aliphatic carbocycles. The Morgan fingerprint density at radius 2 is 1.86 bits per heavy atom. The van der Waals surface area contributed by atoms with Gasteiger partial charge in [0.15, 0.2) is 0 Å². The number of hydrogen-bond donors (Lipinski definition) is 0. The highest BCUT2D eigenvalue weighted by Crippen LogP contribution is 2.19. The van der Waals surface area contributed by atoms with Crippen LogP contribution in [0.3, 0.4) is 0 Å². The van der Waals surface area contributed by atoms with Crippen LogP contribution in [-0.4, -0.2) is 20.5 Å². The van der Waals surface area contributed by atoms with E-state index in [1.54, 1.807) is 18.5 Å². The molecule has 1 aromatic carbocycles. The van der Waals surface area contributed by atoms with Crippen molar-refractivity contribution in [2.24, 2.45) is 4.40 Å². The smallest absolute Gasteiger partial charge is 0.219 e. The monoisotopic (exact) mass is 302 g/mol. The second-order valence-electron chi connectivity index (χ2n) is 5.44. The van der Waals surface area contributed by atoms with Crippen molar-refractivity contribution >= 4 is 17.6 Å². The van der Waals surface area contributed by atoms with Gasteiger partial charge in [-0.2, -0.15) is 0 Å². The number of hydrogen-bond acceptors (Lipinski definition) is 4. The van der Waals surface area contributed by atoms with Gasteiger partial charge in [-0.15, -0.1) is 0 Å². The van der Waals surface area contributed by atoms with Crippen LogP contribution in [0.5, 0.6) is 11.6 Å². The Morgan fingerprint density at radius 1 is 1.14 bits per heavy atom. The molecule has 1 heterocycles. The van der Waals surface area contributed by atoms with Gasteiger partial charge in [0.05, 0.1) is 6.21 Å². The van der Waals surface area contributed by atoms with Crippen LogP contribution in [0.1, 0.15) is 26.3 Å². The Labute approximate surface area is 128 Å². The first-order chi connectivity index (χ1) is 9.95. The number of rotatable bonds is 4. The van der Waals surface area contributed by atoms with Gasteiger partial charge < -0.3 is 9.29 Å². The lowest BCUT2D eigenvalue weighted by Gasteiger charge is -2.17. The average molecular weight is 302 g/mol. The van der Waals surface area contributed by atoms with Gasteiger partial charge in [-0.1, -0.05) is 22.6 Å². The summed E-state index contributed by atoms with van der Waals surface area (Å²) in [6, 6.07) is 13.0. The van der Waals surface area contributed by atoms with Gasteiger partial charge in [0.1, 0.15) is 21.9 Å². The van der Waals surface area contributed by atoms with E-state index in [1.165, 1.54) is 0 Å². The van der Waals surface area contributed by atoms with Crippen molar-refractivity contribution in [2.45, 2.75) is 25.5 Å². The number of ether oxygens (including phenoxy) is 1. The first-order valence-electron chi connectivity index (χ1n) is 6.60. The van der Waals surface area contributed by atoms with Crippen LogP contribution in [0.4, 0.5) is 0 Å². The average Bonchev–Trinajstić information content (AvgIpc) is 2.46. The van der Waals surface area contributed by atoms with E-state index in [4.69, 9.17) is 4.74 Å². The van der Waals surface area contributed by atoms with Gasteiger partial charge in [-0.05, 0) is 39.0 Å². The molecule has 0 unspecified atom stereocenters. The molecule has 0 N–H and O–H groups in total. The minimum atomic E-state index is -1.26. The van der Waals surface area contributed by atoms with E-state index >= 15 is 0 Å². The van der Waals surface area contributed by atoms with Gasteiger partial charge in [-0.25, -0.2) is 4.98 Å². The minimum Gasteiger partial charge on any atom is -0.591 e. The molecule has 0 fully saturated rings. The van der Waals surface area contributed by atoms with Crippen LogP contribution in [0.25, 0.3) is 0 Å². The van der Waals surface area contributed by atoms with Gasteiger partial charge in [-0.3, -0.25) is 0 Å². The topological polar surface area (TPSA) is 57.5 Å². The summed E-state index contributed by atoms with van der Waals surface area (Å²) in [5.74, 6) is 1.25. The van der Waals surface area contributed by atoms with E-state index in [0.717, 1.165) is 11.3 Å². The molecule has 2 aromatic rings. The molecule has 0 aliphatic rings. The zero-order valence-corrected chi connectivity index (χ0v) is 13.1. The van der Waals surface area contributed by atoms with E-state index in [2.05, 4.69) is 9.38 Å². The van der Waals surface area contributed by atoms with E-state index < -0.39 is 11.4 Å². The Balaban J connectivity index is 2.01. The molecule has 0 radical (unpaired) electrons. The Morgan fingerprint density at radius 3 is 2.43 bits per heavy atom. The number of nitrogens with zero attached hydrogens (tertiary/aromatic N) is 2. The summed E-state index contributed by atoms with van der Waals surface area (Å²) in [6.07, 6.45) is 3.21. The van der Waals surface area contributed by atoms with Crippen LogP contribution in [0.2, 0.25) is 0 Å². The molecule has 2 rings (SSSR count). The lowest BCUT2D eigenvalue weighted by molar-refractivity contribution is 0.463. The van der Waals surface area contributed by atoms with Crippen LogP contribution >= 0.6 is 0 Å². The second kappa shape index (κ2) is 6.74. The van der Waals surface area contributed by atoms with Crippen molar-refractivity contribution < 1.29 is 9.29 Å². The maximum Gasteiger partial charge on any atom is 0.219 e. The highest BCUT2D eigenvalue weighted by atomic mass is 32.2. The van der Waals surface area contributed by atoms with Crippen LogP contribution in [0, 0.1) is 0 Å². The molecular formula is C16H18N2O2S. The summed E-state index contributed by atoms with van der Waals surface area (Å²) in [5, 5.41) is 0. The largest absolute Gasteiger partial charge is 0.591 e. The van der Waals surface area contributed by atoms with Crippen molar-refractivity contribution in [1.29, 1.82) is 0 Å². The Bertz CT molecular complexity index is 592.